The van der Waals surface area contributed by atoms with E-state index in [-0.39, 0.29) is 18.1 Å². The Kier molecular flexibility index (Phi) is 15.6. The van der Waals surface area contributed by atoms with Crippen LogP contribution < -0.4 is 14.9 Å². The number of hydrogen-bond acceptors (Lipinski definition) is 10. The molecule has 2 fully saturated rings. The van der Waals surface area contributed by atoms with Gasteiger partial charge in [-0.25, -0.2) is 21.6 Å². The van der Waals surface area contributed by atoms with Crippen LogP contribution >= 0.6 is 11.8 Å². The van der Waals surface area contributed by atoms with Crippen molar-refractivity contribution in [1.29, 1.82) is 0 Å². The predicted octanol–water partition coefficient (Wildman–Crippen LogP) is 10.1. The Hall–Kier alpha value is -5.08. The molecule has 0 bridgehead atoms. The van der Waals surface area contributed by atoms with E-state index in [1.807, 2.05) is 66.2 Å². The normalized spacial score (nSPS) is 18.1. The van der Waals surface area contributed by atoms with Gasteiger partial charge in [0.1, 0.15) is 4.90 Å². The molecule has 0 spiro atoms. The van der Waals surface area contributed by atoms with Gasteiger partial charge in [-0.05, 0) is 141 Å². The van der Waals surface area contributed by atoms with Gasteiger partial charge < -0.3 is 15.3 Å². The van der Waals surface area contributed by atoms with E-state index in [1.165, 1.54) is 36.0 Å². The topological polar surface area (TPSA) is 136 Å². The first-order chi connectivity index (χ1) is 32.2. The molecule has 10 nitrogen and oxygen atoms in total. The third-order valence-electron chi connectivity index (χ3n) is 12.8. The van der Waals surface area contributed by atoms with Gasteiger partial charge in [-0.1, -0.05) is 54.6 Å². The van der Waals surface area contributed by atoms with Gasteiger partial charge in [-0.2, -0.15) is 26.3 Å². The summed E-state index contributed by atoms with van der Waals surface area (Å²) < 4.78 is 138. The van der Waals surface area contributed by atoms with Gasteiger partial charge in [0.15, 0.2) is 0 Å². The number of sulfone groups is 1. The number of nitrogens with one attached hydrogen (secondary N) is 2. The second-order valence-corrected chi connectivity index (χ2v) is 22.1. The van der Waals surface area contributed by atoms with Crippen molar-refractivity contribution >= 4 is 48.9 Å². The largest absolute Gasteiger partial charge is 0.501 e. The molecule has 2 atom stereocenters. The quantitative estimate of drug-likeness (QED) is 0.0610. The van der Waals surface area contributed by atoms with Crippen molar-refractivity contribution in [3.8, 4) is 11.1 Å². The monoisotopic (exact) mass is 1000 g/mol. The van der Waals surface area contributed by atoms with Crippen LogP contribution in [0.15, 0.2) is 136 Å². The van der Waals surface area contributed by atoms with Crippen molar-refractivity contribution in [3.05, 3.63) is 138 Å². The van der Waals surface area contributed by atoms with Crippen LogP contribution in [0.4, 0.5) is 37.7 Å². The molecule has 5 aromatic rings. The number of aliphatic hydroxyl groups excluding tert-OH is 1. The van der Waals surface area contributed by atoms with E-state index in [0.717, 1.165) is 78.1 Å². The Labute approximate surface area is 397 Å². The Morgan fingerprint density at radius 1 is 0.838 bits per heavy atom. The van der Waals surface area contributed by atoms with E-state index in [2.05, 4.69) is 15.1 Å². The number of likely N-dealkylation sites (tertiary alicyclic amines) is 1. The molecule has 1 amide bonds. The second kappa shape index (κ2) is 20.9. The van der Waals surface area contributed by atoms with Gasteiger partial charge >= 0.3 is 11.7 Å². The fraction of sp³-hybridized carbons (Fsp3) is 0.367. The summed E-state index contributed by atoms with van der Waals surface area (Å²) >= 11 is 1.41. The molecule has 7 rings (SSSR count). The molecule has 2 saturated heterocycles. The minimum Gasteiger partial charge on any atom is -0.395 e. The minimum atomic E-state index is -6.13. The van der Waals surface area contributed by atoms with Crippen molar-refractivity contribution in [3.63, 3.8) is 0 Å². The van der Waals surface area contributed by atoms with E-state index in [4.69, 9.17) is 0 Å². The number of sulfonamides is 1. The van der Waals surface area contributed by atoms with Crippen molar-refractivity contribution in [2.24, 2.45) is 5.92 Å². The number of carbonyl (C=O) groups is 1. The summed E-state index contributed by atoms with van der Waals surface area (Å²) in [5.74, 6) is -0.491. The van der Waals surface area contributed by atoms with E-state index in [0.29, 0.717) is 50.0 Å². The maximum atomic E-state index is 14.3. The summed E-state index contributed by atoms with van der Waals surface area (Å²) in [6.45, 7) is 4.29. The minimum absolute atomic E-state index is 0.0667. The highest BCUT2D eigenvalue weighted by Gasteiger charge is 2.49. The summed E-state index contributed by atoms with van der Waals surface area (Å²) in [6, 6.07) is 29.9. The van der Waals surface area contributed by atoms with E-state index in [1.54, 1.807) is 12.1 Å². The second-order valence-electron chi connectivity index (χ2n) is 17.4. The molecule has 0 radical (unpaired) electrons. The zero-order chi connectivity index (χ0) is 48.9. The number of halogens is 6. The predicted molar refractivity (Wildman–Crippen MR) is 252 cm³/mol. The number of amides is 1. The first kappa shape index (κ1) is 50.8. The lowest BCUT2D eigenvalue weighted by atomic mass is 9.86. The molecule has 19 heteroatoms. The van der Waals surface area contributed by atoms with Crippen LogP contribution in [0.25, 0.3) is 11.1 Å². The number of carbonyl (C=O) groups excluding carboxylic acids is 1. The van der Waals surface area contributed by atoms with Crippen molar-refractivity contribution in [2.75, 3.05) is 48.8 Å². The Balaban J connectivity index is 1.03. The van der Waals surface area contributed by atoms with E-state index in [9.17, 15) is 53.1 Å². The van der Waals surface area contributed by atoms with Crippen LogP contribution in [0, 0.1) is 5.92 Å². The number of thioether (sulfide) groups is 1. The molecule has 5 aromatic carbocycles. The first-order valence-electron chi connectivity index (χ1n) is 22.1. The van der Waals surface area contributed by atoms with Gasteiger partial charge in [-0.3, -0.25) is 9.69 Å². The summed E-state index contributed by atoms with van der Waals surface area (Å²) in [6.07, 6.45) is -0.189. The highest BCUT2D eigenvalue weighted by atomic mass is 32.2. The lowest BCUT2D eigenvalue weighted by molar-refractivity contribution is -0.137. The zero-order valence-electron chi connectivity index (χ0n) is 37.1. The van der Waals surface area contributed by atoms with Crippen LogP contribution in [0.3, 0.4) is 0 Å². The molecule has 0 unspecified atom stereocenters. The first-order valence-corrected chi connectivity index (χ1v) is 26.1. The number of piperidine rings is 1. The lowest BCUT2D eigenvalue weighted by Gasteiger charge is -2.38. The van der Waals surface area contributed by atoms with Gasteiger partial charge in [-0.15, -0.1) is 11.8 Å². The van der Waals surface area contributed by atoms with Crippen LogP contribution in [-0.4, -0.2) is 88.4 Å². The molecule has 2 aliphatic rings. The average Bonchev–Trinajstić information content (AvgIpc) is 3.67. The van der Waals surface area contributed by atoms with Crippen LogP contribution in [-0.2, 0) is 32.5 Å². The number of nitrogens with zero attached hydrogens (tertiary/aromatic N) is 2. The number of benzene rings is 5. The van der Waals surface area contributed by atoms with Gasteiger partial charge in [0, 0.05) is 53.1 Å². The smallest absolute Gasteiger partial charge is 0.395 e. The average molecular weight is 1000 g/mol. The number of alkyl halides is 6. The number of anilines is 2. The number of rotatable bonds is 17. The van der Waals surface area contributed by atoms with Gasteiger partial charge in [0.2, 0.25) is 0 Å². The van der Waals surface area contributed by atoms with E-state index >= 15 is 0 Å². The molecule has 0 saturated carbocycles. The highest BCUT2D eigenvalue weighted by Crippen LogP contribution is 2.40. The Morgan fingerprint density at radius 2 is 1.50 bits per heavy atom. The van der Waals surface area contributed by atoms with E-state index < -0.39 is 70.1 Å². The van der Waals surface area contributed by atoms with Crippen LogP contribution in [0.1, 0.15) is 60.5 Å². The molecule has 0 aromatic heterocycles. The maximum Gasteiger partial charge on any atom is 0.501 e. The van der Waals surface area contributed by atoms with Gasteiger partial charge in [0.25, 0.3) is 25.8 Å². The molecule has 2 aliphatic heterocycles. The van der Waals surface area contributed by atoms with Crippen molar-refractivity contribution < 1.29 is 53.1 Å². The molecule has 3 N–H and O–H groups in total. The van der Waals surface area contributed by atoms with Crippen molar-refractivity contribution in [1.82, 2.24) is 9.62 Å². The zero-order valence-corrected chi connectivity index (χ0v) is 39.5. The SMILES string of the molecule is C[C@@]1(C[C@H](CSc2ccccc2)Nc2ccc(S(=O)(=O)NC(=O)c3ccc(N4CCC(Cc5ccccc5-c5ccc(C(F)(F)F)cc5)CC4)cc3)cc2S(=O)(=O)C(F)(F)F)CCCN1CCO. The molecular formula is C49H52F6N4O6S3. The summed E-state index contributed by atoms with van der Waals surface area (Å²) in [5, 5.41) is 12.7. The standard InChI is InChI=1S/C49H52F6N4O6S3/c1-47(24-7-25-59(47)28-29-60)32-39(33-66-41-9-3-2-4-10-41)56-44-21-20-42(31-45(44)67(62,63)49(53,54)55)68(64,65)57-46(61)36-14-18-40(19-15-36)58-26-22-34(23-27-58)30-37-8-5-6-11-43(37)35-12-16-38(17-13-35)48(50,51)52/h2-6,8-21,31,34,39,56,60H,7,22-30,32-33H2,1H3,(H,57,61)/t39-,47+/m1/s1. The number of aliphatic hydroxyl groups is 1. The third kappa shape index (κ3) is 12.0. The Morgan fingerprint density at radius 3 is 2.15 bits per heavy atom. The Bertz CT molecular complexity index is 2750. The highest BCUT2D eigenvalue weighted by molar-refractivity contribution is 7.99. The molecular weight excluding hydrogens is 951 g/mol. The van der Waals surface area contributed by atoms with Crippen molar-refractivity contribution in [2.45, 2.75) is 83.4 Å². The van der Waals surface area contributed by atoms with Crippen LogP contribution in [0.5, 0.6) is 0 Å². The summed E-state index contributed by atoms with van der Waals surface area (Å²) in [7, 11) is -11.0. The molecule has 364 valence electrons. The van der Waals surface area contributed by atoms with Gasteiger partial charge in [0.05, 0.1) is 22.8 Å². The molecule has 68 heavy (non-hydrogen) atoms. The molecule has 0 aliphatic carbocycles. The summed E-state index contributed by atoms with van der Waals surface area (Å²) in [4.78, 5) is 16.3. The number of β-amino-alcohol motifs (C(OH)–C–C–N with tert-alkyl or cyclic N) is 1. The number of hydrogen-bond donors (Lipinski definition) is 3. The van der Waals surface area contributed by atoms with Crippen LogP contribution in [0.2, 0.25) is 0 Å². The maximum absolute atomic E-state index is 14.3. The summed E-state index contributed by atoms with van der Waals surface area (Å²) in [5.41, 5.74) is -4.15. The lowest BCUT2D eigenvalue weighted by Crippen LogP contribution is -2.46. The fourth-order valence-electron chi connectivity index (χ4n) is 9.15. The third-order valence-corrected chi connectivity index (χ3v) is 16.8. The molecule has 2 heterocycles. The fourth-order valence-corrected chi connectivity index (χ4v) is 12.1.